The Hall–Kier alpha value is -2.61. The van der Waals surface area contributed by atoms with Crippen molar-refractivity contribution >= 4 is 41.0 Å². The Morgan fingerprint density at radius 1 is 1.12 bits per heavy atom. The third-order valence-corrected chi connectivity index (χ3v) is 4.38. The van der Waals surface area contributed by atoms with Crippen LogP contribution in [0.1, 0.15) is 23.7 Å². The quantitative estimate of drug-likeness (QED) is 0.623. The number of nitrogens with one attached hydrogen (secondary N) is 1. The van der Waals surface area contributed by atoms with Gasteiger partial charge in [-0.05, 0) is 18.2 Å². The Labute approximate surface area is 156 Å². The number of amides is 3. The standard InChI is InChI=1S/C17H20ClN3O5/c1-11(22)20-5-7-21(8-6-20)16(24)10-15(23)19-14-9-12(17(25)26-2)3-4-13(14)18/h3-4,9H,5-8,10H2,1-2H3,(H,19,23). The van der Waals surface area contributed by atoms with Crippen molar-refractivity contribution in [1.29, 1.82) is 0 Å². The highest BCUT2D eigenvalue weighted by Gasteiger charge is 2.24. The van der Waals surface area contributed by atoms with Gasteiger partial charge in [0.25, 0.3) is 0 Å². The third kappa shape index (κ3) is 4.95. The minimum absolute atomic E-state index is 0.0324. The van der Waals surface area contributed by atoms with Gasteiger partial charge in [0.05, 0.1) is 23.4 Å². The van der Waals surface area contributed by atoms with Gasteiger partial charge in [0.2, 0.25) is 17.7 Å². The van der Waals surface area contributed by atoms with Crippen LogP contribution in [0.4, 0.5) is 5.69 Å². The van der Waals surface area contributed by atoms with Gasteiger partial charge in [-0.15, -0.1) is 0 Å². The second kappa shape index (κ2) is 8.66. The topological polar surface area (TPSA) is 96.0 Å². The first-order valence-electron chi connectivity index (χ1n) is 8.03. The number of rotatable bonds is 4. The molecule has 0 atom stereocenters. The monoisotopic (exact) mass is 381 g/mol. The molecule has 0 unspecified atom stereocenters. The molecule has 1 fully saturated rings. The average Bonchev–Trinajstić information content (AvgIpc) is 2.62. The van der Waals surface area contributed by atoms with Gasteiger partial charge < -0.3 is 19.9 Å². The van der Waals surface area contributed by atoms with E-state index in [1.54, 1.807) is 9.80 Å². The van der Waals surface area contributed by atoms with Gasteiger partial charge in [-0.25, -0.2) is 4.79 Å². The van der Waals surface area contributed by atoms with E-state index in [-0.39, 0.29) is 34.5 Å². The lowest BCUT2D eigenvalue weighted by Gasteiger charge is -2.34. The van der Waals surface area contributed by atoms with E-state index in [1.807, 2.05) is 0 Å². The minimum Gasteiger partial charge on any atom is -0.465 e. The maximum absolute atomic E-state index is 12.2. The van der Waals surface area contributed by atoms with E-state index in [0.29, 0.717) is 26.2 Å². The molecule has 9 heteroatoms. The molecule has 1 aromatic carbocycles. The van der Waals surface area contributed by atoms with E-state index >= 15 is 0 Å². The Bertz CT molecular complexity index is 729. The number of nitrogens with zero attached hydrogens (tertiary/aromatic N) is 2. The molecule has 3 amide bonds. The van der Waals surface area contributed by atoms with Crippen molar-refractivity contribution in [2.75, 3.05) is 38.6 Å². The van der Waals surface area contributed by atoms with E-state index in [4.69, 9.17) is 11.6 Å². The highest BCUT2D eigenvalue weighted by molar-refractivity contribution is 6.34. The highest BCUT2D eigenvalue weighted by atomic mass is 35.5. The first kappa shape index (κ1) is 19.7. The van der Waals surface area contributed by atoms with Crippen molar-refractivity contribution in [1.82, 2.24) is 9.80 Å². The number of halogens is 1. The zero-order chi connectivity index (χ0) is 19.3. The fraction of sp³-hybridized carbons (Fsp3) is 0.412. The maximum atomic E-state index is 12.2. The van der Waals surface area contributed by atoms with Crippen LogP contribution in [-0.2, 0) is 19.1 Å². The number of hydrogen-bond donors (Lipinski definition) is 1. The molecule has 0 spiro atoms. The molecule has 26 heavy (non-hydrogen) atoms. The number of esters is 1. The fourth-order valence-electron chi connectivity index (χ4n) is 2.58. The number of carbonyl (C=O) groups excluding carboxylic acids is 4. The summed E-state index contributed by atoms with van der Waals surface area (Å²) < 4.78 is 4.62. The van der Waals surface area contributed by atoms with Crippen LogP contribution in [0.2, 0.25) is 5.02 Å². The molecule has 140 valence electrons. The number of piperazine rings is 1. The summed E-state index contributed by atoms with van der Waals surface area (Å²) in [6.45, 7) is 3.18. The zero-order valence-electron chi connectivity index (χ0n) is 14.6. The number of carbonyl (C=O) groups is 4. The summed E-state index contributed by atoms with van der Waals surface area (Å²) >= 11 is 6.02. The van der Waals surface area contributed by atoms with Gasteiger partial charge in [0.15, 0.2) is 0 Å². The van der Waals surface area contributed by atoms with Crippen LogP contribution in [0.25, 0.3) is 0 Å². The van der Waals surface area contributed by atoms with Crippen molar-refractivity contribution in [3.8, 4) is 0 Å². The summed E-state index contributed by atoms with van der Waals surface area (Å²) in [6, 6.07) is 4.33. The van der Waals surface area contributed by atoms with E-state index in [0.717, 1.165) is 0 Å². The third-order valence-electron chi connectivity index (χ3n) is 4.05. The van der Waals surface area contributed by atoms with Gasteiger partial charge in [0, 0.05) is 33.1 Å². The van der Waals surface area contributed by atoms with Crippen LogP contribution in [0.15, 0.2) is 18.2 Å². The van der Waals surface area contributed by atoms with E-state index in [9.17, 15) is 19.2 Å². The molecular weight excluding hydrogens is 362 g/mol. The van der Waals surface area contributed by atoms with Crippen molar-refractivity contribution < 1.29 is 23.9 Å². The molecule has 0 aliphatic carbocycles. The summed E-state index contributed by atoms with van der Waals surface area (Å²) in [5, 5.41) is 2.78. The molecule has 0 bridgehead atoms. The van der Waals surface area contributed by atoms with Gasteiger partial charge in [0.1, 0.15) is 6.42 Å². The van der Waals surface area contributed by atoms with Gasteiger partial charge in [-0.2, -0.15) is 0 Å². The molecule has 1 aromatic rings. The number of hydrogen-bond acceptors (Lipinski definition) is 5. The lowest BCUT2D eigenvalue weighted by atomic mass is 10.2. The number of methoxy groups -OCH3 is 1. The number of ether oxygens (including phenoxy) is 1. The highest BCUT2D eigenvalue weighted by Crippen LogP contribution is 2.23. The maximum Gasteiger partial charge on any atom is 0.337 e. The summed E-state index contributed by atoms with van der Waals surface area (Å²) in [5.74, 6) is -1.45. The van der Waals surface area contributed by atoms with Crippen molar-refractivity contribution in [2.45, 2.75) is 13.3 Å². The largest absolute Gasteiger partial charge is 0.465 e. The number of benzene rings is 1. The first-order valence-corrected chi connectivity index (χ1v) is 8.40. The number of anilines is 1. The molecule has 1 aliphatic rings. The fourth-order valence-corrected chi connectivity index (χ4v) is 2.74. The summed E-state index contributed by atoms with van der Waals surface area (Å²) in [4.78, 5) is 50.4. The molecule has 1 N–H and O–H groups in total. The van der Waals surface area contributed by atoms with Crippen LogP contribution in [-0.4, -0.2) is 66.8 Å². The van der Waals surface area contributed by atoms with Crippen LogP contribution in [0, 0.1) is 0 Å². The first-order chi connectivity index (χ1) is 12.3. The van der Waals surface area contributed by atoms with Gasteiger partial charge in [-0.1, -0.05) is 11.6 Å². The van der Waals surface area contributed by atoms with E-state index in [1.165, 1.54) is 32.2 Å². The predicted molar refractivity (Wildman–Crippen MR) is 94.9 cm³/mol. The summed E-state index contributed by atoms with van der Waals surface area (Å²) in [5.41, 5.74) is 0.465. The Kier molecular flexibility index (Phi) is 6.57. The molecule has 8 nitrogen and oxygen atoms in total. The molecule has 1 aliphatic heterocycles. The lowest BCUT2D eigenvalue weighted by Crippen LogP contribution is -2.50. The molecule has 0 aromatic heterocycles. The van der Waals surface area contributed by atoms with Crippen molar-refractivity contribution in [3.63, 3.8) is 0 Å². The minimum atomic E-state index is -0.559. The Morgan fingerprint density at radius 2 is 1.73 bits per heavy atom. The normalized spacial score (nSPS) is 14.0. The summed E-state index contributed by atoms with van der Waals surface area (Å²) in [6.07, 6.45) is -0.348. The molecule has 1 saturated heterocycles. The van der Waals surface area contributed by atoms with Gasteiger partial charge in [-0.3, -0.25) is 14.4 Å². The van der Waals surface area contributed by atoms with E-state index in [2.05, 4.69) is 10.1 Å². The average molecular weight is 382 g/mol. The Morgan fingerprint density at radius 3 is 2.31 bits per heavy atom. The summed E-state index contributed by atoms with van der Waals surface area (Å²) in [7, 11) is 1.25. The molecular formula is C17H20ClN3O5. The smallest absolute Gasteiger partial charge is 0.337 e. The molecule has 1 heterocycles. The second-order valence-electron chi connectivity index (χ2n) is 5.80. The van der Waals surface area contributed by atoms with Crippen molar-refractivity contribution in [2.24, 2.45) is 0 Å². The zero-order valence-corrected chi connectivity index (χ0v) is 15.3. The lowest BCUT2D eigenvalue weighted by molar-refractivity contribution is -0.140. The molecule has 0 radical (unpaired) electrons. The van der Waals surface area contributed by atoms with Crippen LogP contribution in [0.3, 0.4) is 0 Å². The Balaban J connectivity index is 1.93. The van der Waals surface area contributed by atoms with Crippen LogP contribution < -0.4 is 5.32 Å². The molecule has 0 saturated carbocycles. The van der Waals surface area contributed by atoms with Crippen molar-refractivity contribution in [3.05, 3.63) is 28.8 Å². The SMILES string of the molecule is COC(=O)c1ccc(Cl)c(NC(=O)CC(=O)N2CCN(C(C)=O)CC2)c1. The predicted octanol–water partition coefficient (Wildman–Crippen LogP) is 1.15. The second-order valence-corrected chi connectivity index (χ2v) is 6.21. The van der Waals surface area contributed by atoms with Crippen LogP contribution >= 0.6 is 11.6 Å². The molecule has 2 rings (SSSR count). The van der Waals surface area contributed by atoms with E-state index < -0.39 is 11.9 Å². The van der Waals surface area contributed by atoms with Gasteiger partial charge >= 0.3 is 5.97 Å². The van der Waals surface area contributed by atoms with Crippen LogP contribution in [0.5, 0.6) is 0 Å².